The lowest BCUT2D eigenvalue weighted by atomic mass is 9.70. The molecular formula is C24H24O. The van der Waals surface area contributed by atoms with Crippen LogP contribution in [-0.4, -0.2) is 10.7 Å². The highest BCUT2D eigenvalue weighted by atomic mass is 16.3. The predicted molar refractivity (Wildman–Crippen MR) is 106 cm³/mol. The van der Waals surface area contributed by atoms with Gasteiger partial charge in [0.1, 0.15) is 0 Å². The second-order valence-corrected chi connectivity index (χ2v) is 7.11. The van der Waals surface area contributed by atoms with E-state index in [4.69, 9.17) is 0 Å². The molecule has 3 aromatic rings. The van der Waals surface area contributed by atoms with E-state index in [-0.39, 0.29) is 5.92 Å². The Labute approximate surface area is 149 Å². The first-order chi connectivity index (χ1) is 12.2. The van der Waals surface area contributed by atoms with Crippen LogP contribution in [0.1, 0.15) is 42.4 Å². The summed E-state index contributed by atoms with van der Waals surface area (Å²) in [4.78, 5) is 0. The molecule has 1 aliphatic carbocycles. The summed E-state index contributed by atoms with van der Waals surface area (Å²) in [6.07, 6.45) is 6.78. The molecule has 126 valence electrons. The van der Waals surface area contributed by atoms with Gasteiger partial charge in [-0.05, 0) is 40.3 Å². The maximum absolute atomic E-state index is 11.4. The number of fused-ring (bicyclic) bond motifs is 3. The molecular weight excluding hydrogens is 304 g/mol. The summed E-state index contributed by atoms with van der Waals surface area (Å²) < 4.78 is 0. The van der Waals surface area contributed by atoms with Gasteiger partial charge in [0.15, 0.2) is 0 Å². The highest BCUT2D eigenvalue weighted by Crippen LogP contribution is 2.43. The van der Waals surface area contributed by atoms with Gasteiger partial charge in [-0.15, -0.1) is 0 Å². The van der Waals surface area contributed by atoms with Crippen molar-refractivity contribution in [3.8, 4) is 0 Å². The third-order valence-corrected chi connectivity index (χ3v) is 5.45. The molecule has 2 unspecified atom stereocenters. The van der Waals surface area contributed by atoms with Crippen molar-refractivity contribution in [3.05, 3.63) is 89.5 Å². The van der Waals surface area contributed by atoms with Gasteiger partial charge in [0, 0.05) is 5.92 Å². The molecule has 1 N–H and O–H groups in total. The Hall–Kier alpha value is -2.38. The van der Waals surface area contributed by atoms with E-state index in [0.717, 1.165) is 19.3 Å². The monoisotopic (exact) mass is 328 g/mol. The molecule has 1 aliphatic rings. The summed E-state index contributed by atoms with van der Waals surface area (Å²) >= 11 is 0. The van der Waals surface area contributed by atoms with Gasteiger partial charge >= 0.3 is 0 Å². The van der Waals surface area contributed by atoms with Crippen LogP contribution >= 0.6 is 0 Å². The Morgan fingerprint density at radius 1 is 0.920 bits per heavy atom. The van der Waals surface area contributed by atoms with E-state index in [1.165, 1.54) is 27.5 Å². The number of rotatable bonds is 4. The van der Waals surface area contributed by atoms with Crippen LogP contribution in [0.5, 0.6) is 0 Å². The maximum atomic E-state index is 11.4. The van der Waals surface area contributed by atoms with Crippen molar-refractivity contribution in [3.63, 3.8) is 0 Å². The van der Waals surface area contributed by atoms with Gasteiger partial charge < -0.3 is 5.11 Å². The average Bonchev–Trinajstić information content (AvgIpc) is 2.65. The van der Waals surface area contributed by atoms with E-state index in [0.29, 0.717) is 0 Å². The number of hydrogen-bond acceptors (Lipinski definition) is 1. The van der Waals surface area contributed by atoms with Gasteiger partial charge in [0.2, 0.25) is 0 Å². The molecule has 0 amide bonds. The number of aliphatic hydroxyl groups is 1. The third-order valence-electron chi connectivity index (χ3n) is 5.45. The van der Waals surface area contributed by atoms with Crippen molar-refractivity contribution in [2.45, 2.75) is 37.7 Å². The van der Waals surface area contributed by atoms with Crippen molar-refractivity contribution in [2.75, 3.05) is 0 Å². The first-order valence-corrected chi connectivity index (χ1v) is 9.18. The van der Waals surface area contributed by atoms with Gasteiger partial charge in [0.25, 0.3) is 0 Å². The maximum Gasteiger partial charge on any atom is 0.0902 e. The molecule has 0 fully saturated rings. The van der Waals surface area contributed by atoms with Crippen molar-refractivity contribution >= 4 is 16.8 Å². The van der Waals surface area contributed by atoms with E-state index in [9.17, 15) is 5.11 Å². The molecule has 4 rings (SSSR count). The quantitative estimate of drug-likeness (QED) is 0.649. The molecule has 25 heavy (non-hydrogen) atoms. The van der Waals surface area contributed by atoms with Gasteiger partial charge in [-0.25, -0.2) is 0 Å². The van der Waals surface area contributed by atoms with Crippen molar-refractivity contribution in [1.82, 2.24) is 0 Å². The zero-order valence-corrected chi connectivity index (χ0v) is 14.7. The molecule has 0 aliphatic heterocycles. The second-order valence-electron chi connectivity index (χ2n) is 7.11. The minimum atomic E-state index is -0.778. The molecule has 1 heteroatoms. The zero-order chi connectivity index (χ0) is 17.3. The summed E-state index contributed by atoms with van der Waals surface area (Å²) in [6.45, 7) is 2.14. The fourth-order valence-electron chi connectivity index (χ4n) is 4.21. The summed E-state index contributed by atoms with van der Waals surface area (Å²) in [7, 11) is 0. The van der Waals surface area contributed by atoms with Crippen molar-refractivity contribution in [1.29, 1.82) is 0 Å². The Bertz CT molecular complexity index is 910. The van der Waals surface area contributed by atoms with E-state index in [1.807, 2.05) is 12.1 Å². The van der Waals surface area contributed by atoms with Crippen LogP contribution in [-0.2, 0) is 6.42 Å². The van der Waals surface area contributed by atoms with Crippen LogP contribution in [0, 0.1) is 0 Å². The molecule has 0 spiro atoms. The van der Waals surface area contributed by atoms with Gasteiger partial charge in [0.05, 0.1) is 5.60 Å². The molecule has 2 atom stereocenters. The average molecular weight is 328 g/mol. The van der Waals surface area contributed by atoms with Crippen molar-refractivity contribution in [2.24, 2.45) is 0 Å². The highest BCUT2D eigenvalue weighted by Gasteiger charge is 2.38. The topological polar surface area (TPSA) is 20.2 Å². The van der Waals surface area contributed by atoms with Gasteiger partial charge in [-0.2, -0.15) is 0 Å². The lowest BCUT2D eigenvalue weighted by molar-refractivity contribution is 0.0499. The normalized spacial score (nSPS) is 22.1. The predicted octanol–water partition coefficient (Wildman–Crippen LogP) is 5.72. The summed E-state index contributed by atoms with van der Waals surface area (Å²) in [5.74, 6) is 0.0828. The molecule has 0 bridgehead atoms. The summed E-state index contributed by atoms with van der Waals surface area (Å²) in [5, 5.41) is 14.0. The van der Waals surface area contributed by atoms with Gasteiger partial charge in [-0.1, -0.05) is 92.2 Å². The Morgan fingerprint density at radius 3 is 2.48 bits per heavy atom. The Morgan fingerprint density at radius 2 is 1.68 bits per heavy atom. The summed E-state index contributed by atoms with van der Waals surface area (Å²) in [5.41, 5.74) is 3.03. The standard InChI is InChI=1S/C24H24O/c1-2-15-24(25)16-14-21-20-11-7-6-10-19(20)12-13-22(21)23(24)17-18-8-4-3-5-9-18/h3-14,16,23,25H,2,15,17H2,1H3. The molecule has 0 saturated carbocycles. The highest BCUT2D eigenvalue weighted by molar-refractivity contribution is 5.93. The van der Waals surface area contributed by atoms with E-state index in [2.05, 4.69) is 73.7 Å². The molecule has 0 radical (unpaired) electrons. The van der Waals surface area contributed by atoms with Crippen LogP contribution in [0.15, 0.2) is 72.8 Å². The minimum absolute atomic E-state index is 0.0828. The van der Waals surface area contributed by atoms with E-state index < -0.39 is 5.60 Å². The number of hydrogen-bond donors (Lipinski definition) is 1. The first-order valence-electron chi connectivity index (χ1n) is 9.18. The van der Waals surface area contributed by atoms with Crippen LogP contribution in [0.25, 0.3) is 16.8 Å². The van der Waals surface area contributed by atoms with Crippen LogP contribution in [0.3, 0.4) is 0 Å². The Kier molecular flexibility index (Phi) is 4.19. The van der Waals surface area contributed by atoms with Crippen LogP contribution in [0.4, 0.5) is 0 Å². The largest absolute Gasteiger partial charge is 0.385 e. The Balaban J connectivity index is 1.86. The van der Waals surface area contributed by atoms with Crippen LogP contribution < -0.4 is 0 Å². The lowest BCUT2D eigenvalue weighted by Gasteiger charge is -2.38. The van der Waals surface area contributed by atoms with E-state index >= 15 is 0 Å². The van der Waals surface area contributed by atoms with Crippen LogP contribution in [0.2, 0.25) is 0 Å². The number of benzene rings is 3. The van der Waals surface area contributed by atoms with Crippen molar-refractivity contribution < 1.29 is 5.11 Å². The molecule has 1 nitrogen and oxygen atoms in total. The first kappa shape index (κ1) is 16.1. The SMILES string of the molecule is CCCC1(O)C=Cc2c(ccc3ccccc23)C1Cc1ccccc1. The third kappa shape index (κ3) is 2.89. The second kappa shape index (κ2) is 6.50. The minimum Gasteiger partial charge on any atom is -0.385 e. The molecule has 0 saturated heterocycles. The summed E-state index contributed by atoms with van der Waals surface area (Å²) in [6, 6.07) is 23.4. The van der Waals surface area contributed by atoms with E-state index in [1.54, 1.807) is 0 Å². The molecule has 0 heterocycles. The molecule has 3 aromatic carbocycles. The van der Waals surface area contributed by atoms with Gasteiger partial charge in [-0.3, -0.25) is 0 Å². The molecule has 0 aromatic heterocycles. The zero-order valence-electron chi connectivity index (χ0n) is 14.7. The fourth-order valence-corrected chi connectivity index (χ4v) is 4.21. The fraction of sp³-hybridized carbons (Fsp3) is 0.250. The lowest BCUT2D eigenvalue weighted by Crippen LogP contribution is -2.37. The smallest absolute Gasteiger partial charge is 0.0902 e.